The number of phenolic OH excluding ortho intramolecular Hbond substituents is 1. The number of nitrogens with zero attached hydrogens (tertiary/aromatic N) is 4. The number of aromatic hydroxyl groups is 1. The molecule has 3 fully saturated rings. The number of aryl methyl sites for hydroxylation is 1. The van der Waals surface area contributed by atoms with Crippen molar-refractivity contribution >= 4 is 29.7 Å². The van der Waals surface area contributed by atoms with Gasteiger partial charge in [0, 0.05) is 50.9 Å². The van der Waals surface area contributed by atoms with Gasteiger partial charge in [0.1, 0.15) is 5.75 Å². The maximum Gasteiger partial charge on any atom is 0.410 e. The molecule has 6 rings (SSSR count). The summed E-state index contributed by atoms with van der Waals surface area (Å²) in [5.41, 5.74) is 3.48. The molecule has 3 saturated heterocycles. The Balaban J connectivity index is 1.03. The van der Waals surface area contributed by atoms with E-state index in [1.165, 1.54) is 0 Å². The highest BCUT2D eigenvalue weighted by molar-refractivity contribution is 5.91. The summed E-state index contributed by atoms with van der Waals surface area (Å²) < 4.78 is 11.2. The van der Waals surface area contributed by atoms with Crippen LogP contribution in [0.2, 0.25) is 0 Å². The molecule has 12 nitrogen and oxygen atoms in total. The number of likely N-dealkylation sites (tertiary alicyclic amines) is 3. The number of urea groups is 1. The van der Waals surface area contributed by atoms with Gasteiger partial charge in [-0.05, 0) is 113 Å². The van der Waals surface area contributed by atoms with Crippen LogP contribution in [0.5, 0.6) is 5.75 Å². The van der Waals surface area contributed by atoms with Crippen LogP contribution < -0.4 is 5.32 Å². The second-order valence-corrected chi connectivity index (χ2v) is 14.5. The van der Waals surface area contributed by atoms with E-state index in [1.54, 1.807) is 24.0 Å². The van der Waals surface area contributed by atoms with Gasteiger partial charge >= 0.3 is 18.1 Å². The van der Waals surface area contributed by atoms with E-state index < -0.39 is 12.2 Å². The number of para-hydroxylation sites is 1. The summed E-state index contributed by atoms with van der Waals surface area (Å²) in [4.78, 5) is 60.2. The van der Waals surface area contributed by atoms with Crippen molar-refractivity contribution in [1.82, 2.24) is 19.6 Å². The molecule has 4 amide bonds. The molecular formula is C39H53N5O7. The quantitative estimate of drug-likeness (QED) is 0.356. The van der Waals surface area contributed by atoms with Crippen LogP contribution in [0.15, 0.2) is 42.5 Å². The van der Waals surface area contributed by atoms with Gasteiger partial charge in [-0.1, -0.05) is 30.3 Å². The van der Waals surface area contributed by atoms with Crippen LogP contribution in [0.1, 0.15) is 62.1 Å². The lowest BCUT2D eigenvalue weighted by atomic mass is 9.78. The van der Waals surface area contributed by atoms with Gasteiger partial charge in [0.25, 0.3) is 5.91 Å². The van der Waals surface area contributed by atoms with Gasteiger partial charge in [0.05, 0.1) is 13.2 Å². The normalized spacial score (nSPS) is 20.3. The van der Waals surface area contributed by atoms with E-state index >= 15 is 0 Å². The van der Waals surface area contributed by atoms with Crippen molar-refractivity contribution in [3.8, 4) is 5.75 Å². The number of hydrogen-bond acceptors (Lipinski definition) is 8. The first kappa shape index (κ1) is 36.5. The fourth-order valence-electron chi connectivity index (χ4n) is 8.30. The molecule has 4 aliphatic rings. The molecule has 2 N–H and O–H groups in total. The molecule has 4 heterocycles. The predicted octanol–water partition coefficient (Wildman–Crippen LogP) is 4.82. The molecule has 0 aromatic heterocycles. The molecule has 12 heteroatoms. The number of ether oxygens (including phenoxy) is 2. The molecule has 0 spiro atoms. The summed E-state index contributed by atoms with van der Waals surface area (Å²) in [5.74, 6) is 0.900. The minimum Gasteiger partial charge on any atom is -0.508 e. The first-order valence-electron chi connectivity index (χ1n) is 18.7. The molecule has 276 valence electrons. The Morgan fingerprint density at radius 2 is 1.55 bits per heavy atom. The van der Waals surface area contributed by atoms with Gasteiger partial charge in [-0.2, -0.15) is 0 Å². The van der Waals surface area contributed by atoms with E-state index in [1.807, 2.05) is 47.1 Å². The minimum atomic E-state index is -0.989. The number of piperidine rings is 3. The third-order valence-corrected chi connectivity index (χ3v) is 11.3. The molecule has 51 heavy (non-hydrogen) atoms. The first-order valence-corrected chi connectivity index (χ1v) is 18.7. The highest BCUT2D eigenvalue weighted by atomic mass is 16.6. The maximum absolute atomic E-state index is 14.1. The van der Waals surface area contributed by atoms with Crippen molar-refractivity contribution < 1.29 is 33.8 Å². The van der Waals surface area contributed by atoms with Crippen LogP contribution in [-0.4, -0.2) is 120 Å². The third-order valence-electron chi connectivity index (χ3n) is 11.3. The molecule has 4 aliphatic heterocycles. The fraction of sp³-hybridized carbons (Fsp3) is 0.590. The maximum atomic E-state index is 14.1. The number of benzene rings is 2. The minimum absolute atomic E-state index is 0.00635. The van der Waals surface area contributed by atoms with E-state index in [0.29, 0.717) is 76.1 Å². The van der Waals surface area contributed by atoms with Gasteiger partial charge in [-0.25, -0.2) is 9.59 Å². The number of carbonyl (C=O) groups is 4. The number of carbonyl (C=O) groups excluding carboxylic acids is 4. The zero-order chi connectivity index (χ0) is 35.9. The summed E-state index contributed by atoms with van der Waals surface area (Å²) in [7, 11) is 0. The summed E-state index contributed by atoms with van der Waals surface area (Å²) in [5, 5.41) is 13.1. The molecule has 0 bridgehead atoms. The lowest BCUT2D eigenvalue weighted by Gasteiger charge is -2.41. The average molecular weight is 704 g/mol. The Hall–Kier alpha value is -4.32. The molecule has 1 atom stereocenters. The van der Waals surface area contributed by atoms with Gasteiger partial charge < -0.3 is 34.6 Å². The van der Waals surface area contributed by atoms with Crippen molar-refractivity contribution in [3.63, 3.8) is 0 Å². The van der Waals surface area contributed by atoms with Crippen molar-refractivity contribution in [1.29, 1.82) is 0 Å². The molecule has 0 aliphatic carbocycles. The Morgan fingerprint density at radius 3 is 2.24 bits per heavy atom. The summed E-state index contributed by atoms with van der Waals surface area (Å²) >= 11 is 0. The van der Waals surface area contributed by atoms with Crippen molar-refractivity contribution in [3.05, 3.63) is 59.2 Å². The number of nitrogens with one attached hydrogen (secondary N) is 1. The van der Waals surface area contributed by atoms with Gasteiger partial charge in [-0.3, -0.25) is 14.5 Å². The molecular weight excluding hydrogens is 650 g/mol. The second kappa shape index (κ2) is 16.8. The number of phenols is 1. The van der Waals surface area contributed by atoms with Gasteiger partial charge in [-0.15, -0.1) is 0 Å². The van der Waals surface area contributed by atoms with E-state index in [0.717, 1.165) is 62.0 Å². The first-order chi connectivity index (χ1) is 24.7. The monoisotopic (exact) mass is 703 g/mol. The standard InChI is InChI=1S/C39H53N5O7/c1-3-50-36(46)26-41-17-10-29(11-18-41)30-12-19-42(20-13-30)37(47)35(25-28-8-9-34(45)27(2)24-28)51-39(49)43-21-15-32(16-22-43)44-23-14-31-6-4-5-7-33(31)40-38(44)48/h4-9,24,29-30,32,35,45H,3,10-23,25-26H2,1-2H3,(H,40,48)/t35-/m1/s1. The number of anilines is 1. The second-order valence-electron chi connectivity index (χ2n) is 14.5. The van der Waals surface area contributed by atoms with Crippen molar-refractivity contribution in [2.75, 3.05) is 64.3 Å². The summed E-state index contributed by atoms with van der Waals surface area (Å²) in [6, 6.07) is 13.0. The highest BCUT2D eigenvalue weighted by Crippen LogP contribution is 2.33. The molecule has 0 radical (unpaired) electrons. The van der Waals surface area contributed by atoms with Crippen LogP contribution in [0, 0.1) is 18.8 Å². The third kappa shape index (κ3) is 9.13. The van der Waals surface area contributed by atoms with Crippen LogP contribution >= 0.6 is 0 Å². The van der Waals surface area contributed by atoms with Gasteiger partial charge in [0.2, 0.25) is 0 Å². The van der Waals surface area contributed by atoms with Crippen LogP contribution in [-0.2, 0) is 31.9 Å². The number of amides is 4. The number of rotatable bonds is 9. The van der Waals surface area contributed by atoms with Crippen LogP contribution in [0.4, 0.5) is 15.3 Å². The zero-order valence-electron chi connectivity index (χ0n) is 30.1. The molecule has 0 saturated carbocycles. The molecule has 2 aromatic rings. The Morgan fingerprint density at radius 1 is 0.882 bits per heavy atom. The Kier molecular flexibility index (Phi) is 12.0. The highest BCUT2D eigenvalue weighted by Gasteiger charge is 2.37. The van der Waals surface area contributed by atoms with E-state index in [2.05, 4.69) is 10.2 Å². The molecule has 0 unspecified atom stereocenters. The van der Waals surface area contributed by atoms with E-state index in [9.17, 15) is 24.3 Å². The average Bonchev–Trinajstić information content (AvgIpc) is 3.31. The van der Waals surface area contributed by atoms with Crippen molar-refractivity contribution in [2.24, 2.45) is 11.8 Å². The SMILES string of the molecule is CCOC(=O)CN1CCC(C2CCN(C(=O)[C@@H](Cc3ccc(O)c(C)c3)OC(=O)N3CCC(N4CCc5ccccc5NC4=O)CC3)CC2)CC1. The summed E-state index contributed by atoms with van der Waals surface area (Å²) in [6.07, 6.45) is 4.60. The van der Waals surface area contributed by atoms with Gasteiger partial charge in [0.15, 0.2) is 6.10 Å². The fourth-order valence-corrected chi connectivity index (χ4v) is 8.30. The number of esters is 1. The summed E-state index contributed by atoms with van der Waals surface area (Å²) in [6.45, 7) is 8.84. The zero-order valence-corrected chi connectivity index (χ0v) is 30.1. The molecule has 2 aromatic carbocycles. The van der Waals surface area contributed by atoms with E-state index in [-0.39, 0.29) is 36.1 Å². The Labute approximate surface area is 301 Å². The number of hydrogen-bond donors (Lipinski definition) is 2. The lowest BCUT2D eigenvalue weighted by Crippen LogP contribution is -2.52. The lowest BCUT2D eigenvalue weighted by molar-refractivity contribution is -0.144. The van der Waals surface area contributed by atoms with Crippen molar-refractivity contribution in [2.45, 2.75) is 77.4 Å². The van der Waals surface area contributed by atoms with Crippen LogP contribution in [0.3, 0.4) is 0 Å². The largest absolute Gasteiger partial charge is 0.508 e. The predicted molar refractivity (Wildman–Crippen MR) is 192 cm³/mol. The number of fused-ring (bicyclic) bond motifs is 1. The topological polar surface area (TPSA) is 132 Å². The van der Waals surface area contributed by atoms with Crippen LogP contribution in [0.25, 0.3) is 0 Å². The Bertz CT molecular complexity index is 1540. The van der Waals surface area contributed by atoms with E-state index in [4.69, 9.17) is 9.47 Å². The smallest absolute Gasteiger partial charge is 0.410 e.